The van der Waals surface area contributed by atoms with Crippen molar-refractivity contribution in [3.05, 3.63) is 30.2 Å². The van der Waals surface area contributed by atoms with Crippen molar-refractivity contribution in [1.29, 1.82) is 0 Å². The summed E-state index contributed by atoms with van der Waals surface area (Å²) in [6, 6.07) is 5.63. The van der Waals surface area contributed by atoms with E-state index in [1.165, 1.54) is 19.2 Å². The minimum atomic E-state index is -0.0238. The highest BCUT2D eigenvalue weighted by Crippen LogP contribution is 2.27. The Hall–Kier alpha value is -2.21. The van der Waals surface area contributed by atoms with E-state index in [0.717, 1.165) is 29.3 Å². The molecule has 1 aromatic heterocycles. The number of hydrogen-bond acceptors (Lipinski definition) is 5. The molecule has 3 rings (SSSR count). The highest BCUT2D eigenvalue weighted by atomic mass is 16.4. The van der Waals surface area contributed by atoms with E-state index in [9.17, 15) is 4.79 Å². The number of aryl methyl sites for hydroxylation is 1. The summed E-state index contributed by atoms with van der Waals surface area (Å²) in [4.78, 5) is 11.9. The van der Waals surface area contributed by atoms with Crippen LogP contribution < -0.4 is 10.6 Å². The number of rotatable bonds is 6. The van der Waals surface area contributed by atoms with Crippen LogP contribution in [0.5, 0.6) is 0 Å². The quantitative estimate of drug-likeness (QED) is 0.848. The van der Waals surface area contributed by atoms with Crippen molar-refractivity contribution in [2.75, 3.05) is 18.4 Å². The average Bonchev–Trinajstić information content (AvgIpc) is 3.12. The zero-order chi connectivity index (χ0) is 14.7. The van der Waals surface area contributed by atoms with Crippen LogP contribution >= 0.6 is 0 Å². The maximum Gasteiger partial charge on any atom is 0.247 e. The van der Waals surface area contributed by atoms with Gasteiger partial charge in [-0.3, -0.25) is 4.79 Å². The molecule has 0 saturated heterocycles. The lowest BCUT2D eigenvalue weighted by Crippen LogP contribution is -2.29. The molecule has 0 unspecified atom stereocenters. The second-order valence-electron chi connectivity index (χ2n) is 5.40. The summed E-state index contributed by atoms with van der Waals surface area (Å²) in [5.41, 5.74) is 2.60. The predicted molar refractivity (Wildman–Crippen MR) is 78.7 cm³/mol. The van der Waals surface area contributed by atoms with Crippen LogP contribution in [0.2, 0.25) is 0 Å². The maximum atomic E-state index is 11.9. The molecule has 0 radical (unpaired) electrons. The van der Waals surface area contributed by atoms with Gasteiger partial charge < -0.3 is 15.1 Å². The Bertz CT molecular complexity index is 621. The molecule has 0 spiro atoms. The molecule has 1 fully saturated rings. The first-order valence-corrected chi connectivity index (χ1v) is 7.10. The van der Waals surface area contributed by atoms with E-state index < -0.39 is 0 Å². The van der Waals surface area contributed by atoms with E-state index >= 15 is 0 Å². The van der Waals surface area contributed by atoms with Crippen LogP contribution in [0.25, 0.3) is 11.5 Å². The first-order chi connectivity index (χ1) is 10.2. The van der Waals surface area contributed by atoms with Gasteiger partial charge in [-0.25, -0.2) is 0 Å². The second kappa shape index (κ2) is 6.05. The van der Waals surface area contributed by atoms with Crippen LogP contribution in [0.3, 0.4) is 0 Å². The van der Waals surface area contributed by atoms with Crippen molar-refractivity contribution >= 4 is 11.6 Å². The topological polar surface area (TPSA) is 80.1 Å². The summed E-state index contributed by atoms with van der Waals surface area (Å²) < 4.78 is 5.16. The Morgan fingerprint density at radius 2 is 2.29 bits per heavy atom. The molecule has 1 aromatic carbocycles. The molecule has 1 heterocycles. The van der Waals surface area contributed by atoms with E-state index in [-0.39, 0.29) is 5.91 Å². The van der Waals surface area contributed by atoms with Crippen LogP contribution in [0.1, 0.15) is 18.4 Å². The fourth-order valence-corrected chi connectivity index (χ4v) is 2.14. The van der Waals surface area contributed by atoms with Crippen molar-refractivity contribution in [3.8, 4) is 11.5 Å². The fraction of sp³-hybridized carbons (Fsp3) is 0.400. The van der Waals surface area contributed by atoms with Gasteiger partial charge in [0, 0.05) is 11.3 Å². The molecular formula is C15H18N4O2. The summed E-state index contributed by atoms with van der Waals surface area (Å²) in [7, 11) is 0. The molecule has 0 aliphatic heterocycles. The third-order valence-corrected chi connectivity index (χ3v) is 3.52. The van der Waals surface area contributed by atoms with E-state index in [1.807, 2.05) is 25.1 Å². The van der Waals surface area contributed by atoms with Gasteiger partial charge in [0.25, 0.3) is 0 Å². The van der Waals surface area contributed by atoms with Crippen molar-refractivity contribution in [2.45, 2.75) is 19.8 Å². The van der Waals surface area contributed by atoms with Crippen LogP contribution in [-0.4, -0.2) is 29.2 Å². The van der Waals surface area contributed by atoms with Crippen LogP contribution in [0.4, 0.5) is 5.69 Å². The number of nitrogens with zero attached hydrogens (tertiary/aromatic N) is 2. The number of amides is 1. The summed E-state index contributed by atoms with van der Waals surface area (Å²) in [6.07, 6.45) is 3.86. The number of aromatic nitrogens is 2. The zero-order valence-electron chi connectivity index (χ0n) is 11.9. The first-order valence-electron chi connectivity index (χ1n) is 7.10. The molecule has 2 aromatic rings. The highest BCUT2D eigenvalue weighted by Gasteiger charge is 2.20. The number of nitrogens with one attached hydrogen (secondary N) is 2. The smallest absolute Gasteiger partial charge is 0.247 e. The normalized spacial score (nSPS) is 14.1. The standard InChI is InChI=1S/C15H18N4O2/c1-10-6-12(15-19-17-9-21-15)4-5-13(10)18-14(20)8-16-7-11-2-3-11/h4-6,9,11,16H,2-3,7-8H2,1H3,(H,18,20). The van der Waals surface area contributed by atoms with Gasteiger partial charge in [-0.1, -0.05) is 0 Å². The van der Waals surface area contributed by atoms with Gasteiger partial charge in [-0.15, -0.1) is 10.2 Å². The van der Waals surface area contributed by atoms with Gasteiger partial charge in [0.1, 0.15) is 0 Å². The second-order valence-corrected chi connectivity index (χ2v) is 5.40. The number of carbonyl (C=O) groups excluding carboxylic acids is 1. The SMILES string of the molecule is Cc1cc(-c2nnco2)ccc1NC(=O)CNCC1CC1. The Morgan fingerprint density at radius 3 is 2.95 bits per heavy atom. The van der Waals surface area contributed by atoms with Gasteiger partial charge >= 0.3 is 0 Å². The Morgan fingerprint density at radius 1 is 1.43 bits per heavy atom. The molecule has 1 amide bonds. The zero-order valence-corrected chi connectivity index (χ0v) is 11.9. The van der Waals surface area contributed by atoms with E-state index in [2.05, 4.69) is 20.8 Å². The number of anilines is 1. The molecule has 0 atom stereocenters. The first kappa shape index (κ1) is 13.8. The van der Waals surface area contributed by atoms with Crippen molar-refractivity contribution in [2.24, 2.45) is 5.92 Å². The van der Waals surface area contributed by atoms with E-state index in [4.69, 9.17) is 4.42 Å². The Labute approximate surface area is 123 Å². The minimum Gasteiger partial charge on any atom is -0.423 e. The molecule has 21 heavy (non-hydrogen) atoms. The number of benzene rings is 1. The maximum absolute atomic E-state index is 11.9. The van der Waals surface area contributed by atoms with Gasteiger partial charge in [0.2, 0.25) is 18.2 Å². The van der Waals surface area contributed by atoms with Gasteiger partial charge in [-0.2, -0.15) is 0 Å². The lowest BCUT2D eigenvalue weighted by atomic mass is 10.1. The Balaban J connectivity index is 1.58. The molecule has 1 aliphatic carbocycles. The molecule has 1 saturated carbocycles. The molecule has 2 N–H and O–H groups in total. The monoisotopic (exact) mass is 286 g/mol. The number of carbonyl (C=O) groups is 1. The van der Waals surface area contributed by atoms with Crippen LogP contribution in [0.15, 0.2) is 29.0 Å². The van der Waals surface area contributed by atoms with Crippen LogP contribution in [-0.2, 0) is 4.79 Å². The third kappa shape index (κ3) is 3.66. The van der Waals surface area contributed by atoms with Crippen molar-refractivity contribution in [1.82, 2.24) is 15.5 Å². The van der Waals surface area contributed by atoms with Gasteiger partial charge in [0.05, 0.1) is 6.54 Å². The summed E-state index contributed by atoms with van der Waals surface area (Å²) >= 11 is 0. The van der Waals surface area contributed by atoms with E-state index in [1.54, 1.807) is 0 Å². The summed E-state index contributed by atoms with van der Waals surface area (Å²) in [6.45, 7) is 3.22. The molecule has 1 aliphatic rings. The van der Waals surface area contributed by atoms with Crippen molar-refractivity contribution in [3.63, 3.8) is 0 Å². The lowest BCUT2D eigenvalue weighted by molar-refractivity contribution is -0.115. The van der Waals surface area contributed by atoms with Gasteiger partial charge in [0.15, 0.2) is 0 Å². The Kier molecular flexibility index (Phi) is 3.96. The van der Waals surface area contributed by atoms with E-state index in [0.29, 0.717) is 12.4 Å². The van der Waals surface area contributed by atoms with Crippen molar-refractivity contribution < 1.29 is 9.21 Å². The molecule has 0 bridgehead atoms. The minimum absolute atomic E-state index is 0.0238. The predicted octanol–water partition coefficient (Wildman–Crippen LogP) is 1.98. The average molecular weight is 286 g/mol. The summed E-state index contributed by atoms with van der Waals surface area (Å²) in [5, 5.41) is 13.6. The molecular weight excluding hydrogens is 268 g/mol. The lowest BCUT2D eigenvalue weighted by Gasteiger charge is -2.09. The third-order valence-electron chi connectivity index (χ3n) is 3.52. The molecule has 110 valence electrons. The highest BCUT2D eigenvalue weighted by molar-refractivity contribution is 5.93. The largest absolute Gasteiger partial charge is 0.423 e. The fourth-order valence-electron chi connectivity index (χ4n) is 2.14. The van der Waals surface area contributed by atoms with Gasteiger partial charge in [-0.05, 0) is 56.0 Å². The summed E-state index contributed by atoms with van der Waals surface area (Å²) in [5.74, 6) is 1.22. The molecule has 6 nitrogen and oxygen atoms in total. The number of hydrogen-bond donors (Lipinski definition) is 2. The van der Waals surface area contributed by atoms with Crippen LogP contribution in [0, 0.1) is 12.8 Å². The molecule has 6 heteroatoms.